The number of aryl methyl sites for hydroxylation is 1. The minimum atomic E-state index is -3.58. The van der Waals surface area contributed by atoms with Gasteiger partial charge < -0.3 is 10.2 Å². The maximum atomic E-state index is 13.0. The molecule has 182 valence electrons. The normalized spacial score (nSPS) is 18.6. The van der Waals surface area contributed by atoms with Gasteiger partial charge >= 0.3 is 0 Å². The maximum Gasteiger partial charge on any atom is 0.244 e. The Morgan fingerprint density at radius 2 is 1.68 bits per heavy atom. The highest BCUT2D eigenvalue weighted by Gasteiger charge is 2.34. The minimum absolute atomic E-state index is 0.0640. The Kier molecular flexibility index (Phi) is 7.60. The third-order valence-corrected chi connectivity index (χ3v) is 8.34. The first kappa shape index (κ1) is 24.3. The second kappa shape index (κ2) is 10.6. The van der Waals surface area contributed by atoms with Crippen LogP contribution in [0, 0.1) is 12.8 Å². The number of anilines is 1. The van der Waals surface area contributed by atoms with Crippen molar-refractivity contribution in [2.75, 3.05) is 51.1 Å². The molecule has 0 radical (unpaired) electrons. The molecule has 0 bridgehead atoms. The lowest BCUT2D eigenvalue weighted by molar-refractivity contribution is -0.138. The average molecular weight is 486 g/mol. The lowest BCUT2D eigenvalue weighted by Gasteiger charge is -2.38. The number of rotatable bonds is 6. The summed E-state index contributed by atoms with van der Waals surface area (Å²) >= 11 is 0. The van der Waals surface area contributed by atoms with Gasteiger partial charge in [0, 0.05) is 63.3 Å². The molecule has 9 nitrogen and oxygen atoms in total. The molecule has 1 aromatic carbocycles. The van der Waals surface area contributed by atoms with E-state index in [1.165, 1.54) is 10.5 Å². The van der Waals surface area contributed by atoms with E-state index in [0.29, 0.717) is 58.7 Å². The Hall–Kier alpha value is -2.82. The molecule has 2 aliphatic rings. The van der Waals surface area contributed by atoms with Crippen LogP contribution in [0.4, 0.5) is 5.69 Å². The molecule has 10 heteroatoms. The summed E-state index contributed by atoms with van der Waals surface area (Å²) in [6.07, 6.45) is 3.92. The van der Waals surface area contributed by atoms with Gasteiger partial charge in [-0.3, -0.25) is 19.5 Å². The van der Waals surface area contributed by atoms with E-state index in [4.69, 9.17) is 0 Å². The molecule has 0 unspecified atom stereocenters. The molecule has 0 aliphatic carbocycles. The lowest BCUT2D eigenvalue weighted by Crippen LogP contribution is -2.53. The Balaban J connectivity index is 1.22. The predicted molar refractivity (Wildman–Crippen MR) is 129 cm³/mol. The van der Waals surface area contributed by atoms with E-state index in [1.54, 1.807) is 18.3 Å². The fourth-order valence-corrected chi connectivity index (χ4v) is 5.85. The zero-order valence-electron chi connectivity index (χ0n) is 19.4. The van der Waals surface area contributed by atoms with Gasteiger partial charge in [-0.2, -0.15) is 4.31 Å². The van der Waals surface area contributed by atoms with Gasteiger partial charge in [-0.1, -0.05) is 17.7 Å². The van der Waals surface area contributed by atoms with Crippen LogP contribution in [0.3, 0.4) is 0 Å². The first-order chi connectivity index (χ1) is 16.3. The quantitative estimate of drug-likeness (QED) is 0.666. The van der Waals surface area contributed by atoms with E-state index < -0.39 is 10.0 Å². The van der Waals surface area contributed by atoms with Crippen molar-refractivity contribution in [3.63, 3.8) is 0 Å². The number of hydrogen-bond donors (Lipinski definition) is 1. The number of benzene rings is 1. The van der Waals surface area contributed by atoms with Crippen LogP contribution in [0.2, 0.25) is 0 Å². The van der Waals surface area contributed by atoms with Crippen molar-refractivity contribution < 1.29 is 18.0 Å². The van der Waals surface area contributed by atoms with Crippen molar-refractivity contribution in [3.8, 4) is 0 Å². The smallest absolute Gasteiger partial charge is 0.244 e. The summed E-state index contributed by atoms with van der Waals surface area (Å²) in [7, 11) is -3.58. The van der Waals surface area contributed by atoms with Crippen LogP contribution in [-0.2, 0) is 19.6 Å². The first-order valence-corrected chi connectivity index (χ1v) is 13.0. The van der Waals surface area contributed by atoms with Crippen molar-refractivity contribution in [1.82, 2.24) is 19.1 Å². The Labute approximate surface area is 200 Å². The Bertz CT molecular complexity index is 1090. The second-order valence-corrected chi connectivity index (χ2v) is 10.8. The van der Waals surface area contributed by atoms with Crippen LogP contribution in [0.25, 0.3) is 0 Å². The summed E-state index contributed by atoms with van der Waals surface area (Å²) in [5, 5.41) is 2.91. The maximum absolute atomic E-state index is 13.0. The van der Waals surface area contributed by atoms with Gasteiger partial charge in [0.05, 0.1) is 6.54 Å². The fraction of sp³-hybridized carbons (Fsp3) is 0.458. The van der Waals surface area contributed by atoms with Crippen molar-refractivity contribution in [2.24, 2.45) is 5.92 Å². The molecular weight excluding hydrogens is 454 g/mol. The third-order valence-electron chi connectivity index (χ3n) is 6.46. The van der Waals surface area contributed by atoms with Crippen molar-refractivity contribution >= 4 is 27.5 Å². The molecule has 0 saturated carbocycles. The summed E-state index contributed by atoms with van der Waals surface area (Å²) in [5.41, 5.74) is 1.92. The number of hydrogen-bond acceptors (Lipinski definition) is 6. The molecule has 2 aromatic rings. The van der Waals surface area contributed by atoms with E-state index in [-0.39, 0.29) is 22.6 Å². The fourth-order valence-electron chi connectivity index (χ4n) is 4.42. The van der Waals surface area contributed by atoms with Gasteiger partial charge in [-0.05, 0) is 44.0 Å². The molecule has 3 heterocycles. The van der Waals surface area contributed by atoms with E-state index in [1.807, 2.05) is 36.1 Å². The van der Waals surface area contributed by atoms with Gasteiger partial charge in [0.25, 0.3) is 0 Å². The van der Waals surface area contributed by atoms with E-state index in [2.05, 4.69) is 15.2 Å². The Morgan fingerprint density at radius 1 is 1.00 bits per heavy atom. The highest BCUT2D eigenvalue weighted by atomic mass is 32.2. The number of carbonyl (C=O) groups excluding carboxylic acids is 2. The molecule has 2 aliphatic heterocycles. The average Bonchev–Trinajstić information content (AvgIpc) is 2.86. The zero-order chi connectivity index (χ0) is 24.1. The monoisotopic (exact) mass is 485 g/mol. The minimum Gasteiger partial charge on any atom is -0.340 e. The molecule has 1 aromatic heterocycles. The van der Waals surface area contributed by atoms with Crippen molar-refractivity contribution in [3.05, 3.63) is 54.4 Å². The van der Waals surface area contributed by atoms with Gasteiger partial charge in [0.1, 0.15) is 4.90 Å². The summed E-state index contributed by atoms with van der Waals surface area (Å²) < 4.78 is 27.0. The van der Waals surface area contributed by atoms with Crippen LogP contribution in [0.5, 0.6) is 0 Å². The number of piperazine rings is 1. The molecular formula is C24H31N5O4S. The predicted octanol–water partition coefficient (Wildman–Crippen LogP) is 1.57. The number of carbonyl (C=O) groups is 2. The number of pyridine rings is 1. The molecule has 0 atom stereocenters. The second-order valence-electron chi connectivity index (χ2n) is 8.88. The van der Waals surface area contributed by atoms with Crippen LogP contribution >= 0.6 is 0 Å². The van der Waals surface area contributed by atoms with Crippen molar-refractivity contribution in [2.45, 2.75) is 24.7 Å². The summed E-state index contributed by atoms with van der Waals surface area (Å²) in [6.45, 7) is 5.37. The number of nitrogens with one attached hydrogen (secondary N) is 1. The largest absolute Gasteiger partial charge is 0.340 e. The number of amides is 2. The van der Waals surface area contributed by atoms with E-state index in [0.717, 1.165) is 11.3 Å². The highest BCUT2D eigenvalue weighted by molar-refractivity contribution is 7.89. The highest BCUT2D eigenvalue weighted by Crippen LogP contribution is 2.25. The molecule has 1 N–H and O–H groups in total. The van der Waals surface area contributed by atoms with Gasteiger partial charge in [0.15, 0.2) is 0 Å². The van der Waals surface area contributed by atoms with Crippen LogP contribution in [0.1, 0.15) is 18.4 Å². The van der Waals surface area contributed by atoms with Crippen LogP contribution in [0.15, 0.2) is 53.7 Å². The summed E-state index contributed by atoms with van der Waals surface area (Å²) in [5.74, 6) is -0.148. The van der Waals surface area contributed by atoms with Crippen LogP contribution < -0.4 is 5.32 Å². The molecule has 2 saturated heterocycles. The SMILES string of the molecule is Cc1ccc(NC(=O)CN2CCN(C(=O)C3CCN(S(=O)(=O)c4cccnc4)CC3)CC2)cc1. The molecule has 2 amide bonds. The number of nitrogens with zero attached hydrogens (tertiary/aromatic N) is 4. The van der Waals surface area contributed by atoms with Crippen molar-refractivity contribution in [1.29, 1.82) is 0 Å². The standard InChI is InChI=1S/C24H31N5O4S/c1-19-4-6-21(7-5-19)26-23(30)18-27-13-15-28(16-14-27)24(31)20-8-11-29(12-9-20)34(32,33)22-3-2-10-25-17-22/h2-7,10,17,20H,8-9,11-16,18H2,1H3,(H,26,30). The van der Waals surface area contributed by atoms with Gasteiger partial charge in [0.2, 0.25) is 21.8 Å². The first-order valence-electron chi connectivity index (χ1n) is 11.6. The zero-order valence-corrected chi connectivity index (χ0v) is 20.2. The number of aromatic nitrogens is 1. The summed E-state index contributed by atoms with van der Waals surface area (Å²) in [6, 6.07) is 10.8. The molecule has 0 spiro atoms. The van der Waals surface area contributed by atoms with E-state index >= 15 is 0 Å². The molecule has 2 fully saturated rings. The number of sulfonamides is 1. The molecule has 4 rings (SSSR count). The molecule has 34 heavy (non-hydrogen) atoms. The van der Waals surface area contributed by atoms with E-state index in [9.17, 15) is 18.0 Å². The summed E-state index contributed by atoms with van der Waals surface area (Å²) in [4.78, 5) is 33.4. The van der Waals surface area contributed by atoms with Crippen LogP contribution in [-0.4, -0.2) is 85.1 Å². The topological polar surface area (TPSA) is 103 Å². The third kappa shape index (κ3) is 5.81. The van der Waals surface area contributed by atoms with Gasteiger partial charge in [-0.25, -0.2) is 8.42 Å². The lowest BCUT2D eigenvalue weighted by atomic mass is 9.96. The number of piperidine rings is 1. The van der Waals surface area contributed by atoms with Gasteiger partial charge in [-0.15, -0.1) is 0 Å². The Morgan fingerprint density at radius 3 is 2.29 bits per heavy atom.